The van der Waals surface area contributed by atoms with Crippen LogP contribution < -0.4 is 0 Å². The van der Waals surface area contributed by atoms with Crippen LogP contribution in [0.15, 0.2) is 35.7 Å². The predicted molar refractivity (Wildman–Crippen MR) is 91.8 cm³/mol. The molecular formula is C18H19N3OS. The fourth-order valence-corrected chi connectivity index (χ4v) is 4.54. The van der Waals surface area contributed by atoms with Crippen LogP contribution in [0.1, 0.15) is 41.9 Å². The molecule has 0 unspecified atom stereocenters. The summed E-state index contributed by atoms with van der Waals surface area (Å²) in [6.07, 6.45) is 4.62. The highest BCUT2D eigenvalue weighted by Crippen LogP contribution is 2.47. The van der Waals surface area contributed by atoms with Crippen LogP contribution in [-0.2, 0) is 5.41 Å². The molecule has 118 valence electrons. The number of phenolic OH excluding ortho intramolecular Hbond substituents is 1. The lowest BCUT2D eigenvalue weighted by Gasteiger charge is -2.24. The fraction of sp³-hybridized carbons (Fsp3) is 0.333. The third-order valence-corrected chi connectivity index (χ3v) is 5.86. The van der Waals surface area contributed by atoms with Crippen molar-refractivity contribution in [1.29, 1.82) is 0 Å². The van der Waals surface area contributed by atoms with Gasteiger partial charge in [0.25, 0.3) is 0 Å². The SMILES string of the molecule is Cc1ccc(O)c(-c2n[nH]c(C3(c4cccs4)CCCC3)n2)c1. The zero-order valence-electron chi connectivity index (χ0n) is 13.0. The van der Waals surface area contributed by atoms with Gasteiger partial charge in [-0.05, 0) is 43.3 Å². The largest absolute Gasteiger partial charge is 0.507 e. The minimum Gasteiger partial charge on any atom is -0.507 e. The van der Waals surface area contributed by atoms with Gasteiger partial charge in [-0.1, -0.05) is 30.5 Å². The Kier molecular flexibility index (Phi) is 3.45. The van der Waals surface area contributed by atoms with E-state index in [0.29, 0.717) is 11.4 Å². The molecule has 1 saturated carbocycles. The summed E-state index contributed by atoms with van der Waals surface area (Å²) in [4.78, 5) is 6.13. The summed E-state index contributed by atoms with van der Waals surface area (Å²) >= 11 is 1.79. The van der Waals surface area contributed by atoms with Crippen LogP contribution in [0.2, 0.25) is 0 Å². The molecule has 2 heterocycles. The average molecular weight is 325 g/mol. The molecule has 5 heteroatoms. The van der Waals surface area contributed by atoms with Crippen molar-refractivity contribution in [2.24, 2.45) is 0 Å². The van der Waals surface area contributed by atoms with Crippen LogP contribution in [0.5, 0.6) is 5.75 Å². The van der Waals surface area contributed by atoms with Crippen LogP contribution in [0.4, 0.5) is 0 Å². The molecule has 1 aliphatic carbocycles. The van der Waals surface area contributed by atoms with Gasteiger partial charge >= 0.3 is 0 Å². The average Bonchev–Trinajstić information content (AvgIpc) is 3.30. The zero-order chi connectivity index (χ0) is 15.9. The first-order chi connectivity index (χ1) is 11.2. The van der Waals surface area contributed by atoms with E-state index in [1.807, 2.05) is 19.1 Å². The second kappa shape index (κ2) is 5.49. The third kappa shape index (κ3) is 2.36. The number of thiophene rings is 1. The van der Waals surface area contributed by atoms with Crippen LogP contribution in [0.25, 0.3) is 11.4 Å². The number of H-pyrrole nitrogens is 1. The minimum atomic E-state index is -0.0428. The van der Waals surface area contributed by atoms with Gasteiger partial charge in [-0.2, -0.15) is 5.10 Å². The smallest absolute Gasteiger partial charge is 0.184 e. The van der Waals surface area contributed by atoms with E-state index < -0.39 is 0 Å². The van der Waals surface area contributed by atoms with Gasteiger partial charge in [-0.25, -0.2) is 4.98 Å². The van der Waals surface area contributed by atoms with Crippen molar-refractivity contribution in [3.05, 3.63) is 52.0 Å². The number of hydrogen-bond donors (Lipinski definition) is 2. The molecule has 1 aliphatic rings. The molecule has 0 saturated heterocycles. The maximum absolute atomic E-state index is 10.1. The number of rotatable bonds is 3. The molecule has 0 spiro atoms. The quantitative estimate of drug-likeness (QED) is 0.750. The lowest BCUT2D eigenvalue weighted by Crippen LogP contribution is -2.24. The maximum atomic E-state index is 10.1. The van der Waals surface area contributed by atoms with Crippen molar-refractivity contribution < 1.29 is 5.11 Å². The third-order valence-electron chi connectivity index (χ3n) is 4.78. The van der Waals surface area contributed by atoms with E-state index >= 15 is 0 Å². The first-order valence-corrected chi connectivity index (χ1v) is 8.84. The number of hydrogen-bond acceptors (Lipinski definition) is 4. The van der Waals surface area contributed by atoms with E-state index in [4.69, 9.17) is 4.98 Å². The van der Waals surface area contributed by atoms with Gasteiger partial charge in [0.1, 0.15) is 11.6 Å². The van der Waals surface area contributed by atoms with E-state index in [1.54, 1.807) is 17.4 Å². The molecule has 2 N–H and O–H groups in total. The summed E-state index contributed by atoms with van der Waals surface area (Å²) in [7, 11) is 0. The van der Waals surface area contributed by atoms with Crippen molar-refractivity contribution in [3.8, 4) is 17.1 Å². The van der Waals surface area contributed by atoms with E-state index in [-0.39, 0.29) is 11.2 Å². The number of aromatic nitrogens is 3. The number of nitrogens with zero attached hydrogens (tertiary/aromatic N) is 2. The van der Waals surface area contributed by atoms with Crippen molar-refractivity contribution in [2.75, 3.05) is 0 Å². The molecule has 0 bridgehead atoms. The minimum absolute atomic E-state index is 0.0428. The van der Waals surface area contributed by atoms with Gasteiger partial charge in [0.2, 0.25) is 0 Å². The molecule has 23 heavy (non-hydrogen) atoms. The van der Waals surface area contributed by atoms with Gasteiger partial charge in [0, 0.05) is 4.88 Å². The Hall–Kier alpha value is -2.14. The van der Waals surface area contributed by atoms with Crippen LogP contribution >= 0.6 is 11.3 Å². The monoisotopic (exact) mass is 325 g/mol. The van der Waals surface area contributed by atoms with Gasteiger partial charge in [0.05, 0.1) is 11.0 Å². The number of benzene rings is 1. The zero-order valence-corrected chi connectivity index (χ0v) is 13.9. The molecule has 4 rings (SSSR count). The highest BCUT2D eigenvalue weighted by Gasteiger charge is 2.41. The van der Waals surface area contributed by atoms with E-state index in [1.165, 1.54) is 17.7 Å². The van der Waals surface area contributed by atoms with E-state index in [2.05, 4.69) is 27.7 Å². The number of aryl methyl sites for hydroxylation is 1. The van der Waals surface area contributed by atoms with Crippen molar-refractivity contribution in [2.45, 2.75) is 38.0 Å². The topological polar surface area (TPSA) is 61.8 Å². The van der Waals surface area contributed by atoms with Gasteiger partial charge in [0.15, 0.2) is 5.82 Å². The number of phenols is 1. The van der Waals surface area contributed by atoms with Gasteiger partial charge in [-0.15, -0.1) is 11.3 Å². The Bertz CT molecular complexity index is 817. The standard InChI is InChI=1S/C18H19N3OS/c1-12-6-7-14(22)13(11-12)16-19-17(21-20-16)18(8-2-3-9-18)15-5-4-10-23-15/h4-7,10-11,22H,2-3,8-9H2,1H3,(H,19,20,21). The summed E-state index contributed by atoms with van der Waals surface area (Å²) in [6.45, 7) is 2.00. The predicted octanol–water partition coefficient (Wildman–Crippen LogP) is 4.41. The van der Waals surface area contributed by atoms with E-state index in [9.17, 15) is 5.11 Å². The molecule has 2 aromatic heterocycles. The lowest BCUT2D eigenvalue weighted by atomic mass is 9.83. The maximum Gasteiger partial charge on any atom is 0.184 e. The Labute approximate surface area is 139 Å². The molecule has 0 atom stereocenters. The molecule has 0 radical (unpaired) electrons. The lowest BCUT2D eigenvalue weighted by molar-refractivity contribution is 0.476. The second-order valence-electron chi connectivity index (χ2n) is 6.29. The van der Waals surface area contributed by atoms with Crippen LogP contribution in [0.3, 0.4) is 0 Å². The van der Waals surface area contributed by atoms with E-state index in [0.717, 1.165) is 24.2 Å². The molecule has 0 amide bonds. The molecule has 0 aliphatic heterocycles. The Morgan fingerprint density at radius 2 is 2.04 bits per heavy atom. The van der Waals surface area contributed by atoms with Crippen molar-refractivity contribution >= 4 is 11.3 Å². The van der Waals surface area contributed by atoms with Crippen LogP contribution in [-0.4, -0.2) is 20.3 Å². The van der Waals surface area contributed by atoms with Crippen molar-refractivity contribution in [1.82, 2.24) is 15.2 Å². The Morgan fingerprint density at radius 1 is 1.22 bits per heavy atom. The summed E-state index contributed by atoms with van der Waals surface area (Å²) in [6, 6.07) is 9.81. The van der Waals surface area contributed by atoms with Gasteiger partial charge < -0.3 is 5.11 Å². The highest BCUT2D eigenvalue weighted by molar-refractivity contribution is 7.10. The highest BCUT2D eigenvalue weighted by atomic mass is 32.1. The first kappa shape index (κ1) is 14.5. The summed E-state index contributed by atoms with van der Waals surface area (Å²) in [5.41, 5.74) is 1.73. The number of aromatic hydroxyl groups is 1. The summed E-state index contributed by atoms with van der Waals surface area (Å²) in [5.74, 6) is 1.72. The normalized spacial score (nSPS) is 16.7. The van der Waals surface area contributed by atoms with Crippen molar-refractivity contribution in [3.63, 3.8) is 0 Å². The van der Waals surface area contributed by atoms with Crippen LogP contribution in [0, 0.1) is 6.92 Å². The van der Waals surface area contributed by atoms with Gasteiger partial charge in [-0.3, -0.25) is 5.10 Å². The number of nitrogens with one attached hydrogen (secondary N) is 1. The number of aromatic amines is 1. The summed E-state index contributed by atoms with van der Waals surface area (Å²) in [5, 5.41) is 19.8. The first-order valence-electron chi connectivity index (χ1n) is 7.96. The molecule has 1 aromatic carbocycles. The summed E-state index contributed by atoms with van der Waals surface area (Å²) < 4.78 is 0. The molecular weight excluding hydrogens is 306 g/mol. The molecule has 1 fully saturated rings. The second-order valence-corrected chi connectivity index (χ2v) is 7.24. The fourth-order valence-electron chi connectivity index (χ4n) is 3.55. The Morgan fingerprint density at radius 3 is 2.78 bits per heavy atom. The molecule has 3 aromatic rings. The Balaban J connectivity index is 1.79. The molecule has 4 nitrogen and oxygen atoms in total.